The summed E-state index contributed by atoms with van der Waals surface area (Å²) in [7, 11) is 0. The van der Waals surface area contributed by atoms with Crippen LogP contribution in [0, 0.1) is 26.7 Å². The van der Waals surface area contributed by atoms with E-state index in [0.717, 1.165) is 24.2 Å². The number of nitrogens with two attached hydrogens (primary N) is 1. The molecule has 3 N–H and O–H groups in total. The van der Waals surface area contributed by atoms with Gasteiger partial charge in [0.2, 0.25) is 5.91 Å². The summed E-state index contributed by atoms with van der Waals surface area (Å²) in [5.41, 5.74) is 7.82. The molecule has 1 fully saturated rings. The largest absolute Gasteiger partial charge is 0.360 e. The minimum atomic E-state index is -0.184. The van der Waals surface area contributed by atoms with Gasteiger partial charge in [0.1, 0.15) is 5.76 Å². The summed E-state index contributed by atoms with van der Waals surface area (Å²) >= 11 is 0. The first-order valence-corrected chi connectivity index (χ1v) is 9.32. The fourth-order valence-electron chi connectivity index (χ4n) is 3.68. The van der Waals surface area contributed by atoms with E-state index in [2.05, 4.69) is 10.5 Å². The molecule has 8 nitrogen and oxygen atoms in total. The molecule has 2 aromatic rings. The molecule has 0 bridgehead atoms. The SMILES string of the molecule is Cc1cc(-n2c(C)cc(C(=O)N3CCCC(C(=O)NCCN)C3)c2C)no1.Cl. The second-order valence-corrected chi connectivity index (χ2v) is 7.09. The number of piperidine rings is 1. The van der Waals surface area contributed by atoms with Gasteiger partial charge in [0.15, 0.2) is 5.82 Å². The van der Waals surface area contributed by atoms with E-state index in [1.54, 1.807) is 4.90 Å². The second-order valence-electron chi connectivity index (χ2n) is 7.09. The number of amides is 2. The highest BCUT2D eigenvalue weighted by Crippen LogP contribution is 2.24. The highest BCUT2D eigenvalue weighted by molar-refractivity contribution is 5.96. The summed E-state index contributed by atoms with van der Waals surface area (Å²) in [6.07, 6.45) is 1.60. The van der Waals surface area contributed by atoms with Crippen LogP contribution in [0.3, 0.4) is 0 Å². The molecule has 0 radical (unpaired) electrons. The number of rotatable bonds is 5. The molecular formula is C19H28ClN5O3. The third kappa shape index (κ3) is 4.39. The second kappa shape index (κ2) is 9.25. The van der Waals surface area contributed by atoms with Gasteiger partial charge >= 0.3 is 0 Å². The molecule has 0 aliphatic carbocycles. The van der Waals surface area contributed by atoms with E-state index in [-0.39, 0.29) is 30.1 Å². The van der Waals surface area contributed by atoms with E-state index in [1.807, 2.05) is 37.5 Å². The number of hydrogen-bond acceptors (Lipinski definition) is 5. The summed E-state index contributed by atoms with van der Waals surface area (Å²) in [5, 5.41) is 6.88. The van der Waals surface area contributed by atoms with Crippen LogP contribution >= 0.6 is 12.4 Å². The molecular weight excluding hydrogens is 382 g/mol. The Morgan fingerprint density at radius 3 is 2.71 bits per heavy atom. The smallest absolute Gasteiger partial charge is 0.255 e. The summed E-state index contributed by atoms with van der Waals surface area (Å²) in [6.45, 7) is 7.64. The molecule has 0 spiro atoms. The van der Waals surface area contributed by atoms with Gasteiger partial charge < -0.3 is 20.5 Å². The average molecular weight is 410 g/mol. The predicted molar refractivity (Wildman–Crippen MR) is 108 cm³/mol. The van der Waals surface area contributed by atoms with E-state index >= 15 is 0 Å². The van der Waals surface area contributed by atoms with Crippen LogP contribution in [-0.4, -0.2) is 52.6 Å². The van der Waals surface area contributed by atoms with Crippen LogP contribution in [-0.2, 0) is 4.79 Å². The van der Waals surface area contributed by atoms with Crippen molar-refractivity contribution in [2.45, 2.75) is 33.6 Å². The standard InChI is InChI=1S/C19H27N5O3.ClH/c1-12-9-16(14(3)24(12)17-10-13(2)27-22-17)19(26)23-8-4-5-15(11-23)18(25)21-7-6-20;/h9-10,15H,4-8,11,20H2,1-3H3,(H,21,25);1H. The Hall–Kier alpha value is -2.32. The van der Waals surface area contributed by atoms with E-state index in [9.17, 15) is 9.59 Å². The molecule has 28 heavy (non-hydrogen) atoms. The third-order valence-corrected chi connectivity index (χ3v) is 5.03. The maximum Gasteiger partial charge on any atom is 0.255 e. The minimum absolute atomic E-state index is 0. The van der Waals surface area contributed by atoms with E-state index in [0.29, 0.717) is 43.3 Å². The zero-order valence-corrected chi connectivity index (χ0v) is 17.3. The first kappa shape index (κ1) is 22.0. The van der Waals surface area contributed by atoms with Crippen molar-refractivity contribution in [2.24, 2.45) is 11.7 Å². The van der Waals surface area contributed by atoms with E-state index in [1.165, 1.54) is 0 Å². The third-order valence-electron chi connectivity index (χ3n) is 5.03. The molecule has 0 saturated carbocycles. The molecule has 1 saturated heterocycles. The number of aromatic nitrogens is 2. The zero-order valence-electron chi connectivity index (χ0n) is 16.5. The zero-order chi connectivity index (χ0) is 19.6. The van der Waals surface area contributed by atoms with Gasteiger partial charge in [0.05, 0.1) is 11.5 Å². The Balaban J connectivity index is 0.00000280. The van der Waals surface area contributed by atoms with Crippen molar-refractivity contribution in [1.82, 2.24) is 19.9 Å². The number of aryl methyl sites for hydroxylation is 2. The van der Waals surface area contributed by atoms with Crippen molar-refractivity contribution in [2.75, 3.05) is 26.2 Å². The van der Waals surface area contributed by atoms with Crippen LogP contribution in [0.4, 0.5) is 0 Å². The predicted octanol–water partition coefficient (Wildman–Crippen LogP) is 1.74. The lowest BCUT2D eigenvalue weighted by molar-refractivity contribution is -0.126. The quantitative estimate of drug-likeness (QED) is 0.782. The molecule has 2 amide bonds. The first-order chi connectivity index (χ1) is 12.9. The van der Waals surface area contributed by atoms with Crippen LogP contribution in [0.2, 0.25) is 0 Å². The number of nitrogens with one attached hydrogen (secondary N) is 1. The lowest BCUT2D eigenvalue weighted by Gasteiger charge is -2.32. The minimum Gasteiger partial charge on any atom is -0.360 e. The normalized spacial score (nSPS) is 16.6. The molecule has 2 aromatic heterocycles. The molecule has 1 aliphatic rings. The number of carbonyl (C=O) groups is 2. The van der Waals surface area contributed by atoms with Crippen molar-refractivity contribution in [3.8, 4) is 5.82 Å². The monoisotopic (exact) mass is 409 g/mol. The Bertz CT molecular complexity index is 845. The molecule has 3 heterocycles. The van der Waals surface area contributed by atoms with Crippen LogP contribution in [0.5, 0.6) is 0 Å². The highest BCUT2D eigenvalue weighted by atomic mass is 35.5. The van der Waals surface area contributed by atoms with Crippen molar-refractivity contribution >= 4 is 24.2 Å². The van der Waals surface area contributed by atoms with Crippen molar-refractivity contribution in [1.29, 1.82) is 0 Å². The Morgan fingerprint density at radius 1 is 1.32 bits per heavy atom. The number of nitrogens with zero attached hydrogens (tertiary/aromatic N) is 3. The van der Waals surface area contributed by atoms with Gasteiger partial charge in [0.25, 0.3) is 5.91 Å². The van der Waals surface area contributed by atoms with Crippen LogP contribution < -0.4 is 11.1 Å². The van der Waals surface area contributed by atoms with Gasteiger partial charge in [-0.1, -0.05) is 5.16 Å². The summed E-state index contributed by atoms with van der Waals surface area (Å²) in [5.74, 6) is 1.12. The van der Waals surface area contributed by atoms with Gasteiger partial charge in [-0.15, -0.1) is 12.4 Å². The van der Waals surface area contributed by atoms with Crippen molar-refractivity contribution in [3.05, 3.63) is 34.8 Å². The highest BCUT2D eigenvalue weighted by Gasteiger charge is 2.30. The van der Waals surface area contributed by atoms with Gasteiger partial charge in [-0.05, 0) is 39.7 Å². The van der Waals surface area contributed by atoms with Gasteiger partial charge in [-0.3, -0.25) is 14.2 Å². The molecule has 154 valence electrons. The summed E-state index contributed by atoms with van der Waals surface area (Å²) in [6, 6.07) is 3.72. The molecule has 3 rings (SSSR count). The molecule has 0 aromatic carbocycles. The molecule has 1 atom stereocenters. The van der Waals surface area contributed by atoms with Gasteiger partial charge in [-0.2, -0.15) is 0 Å². The molecule has 1 unspecified atom stereocenters. The van der Waals surface area contributed by atoms with Crippen LogP contribution in [0.25, 0.3) is 5.82 Å². The lowest BCUT2D eigenvalue weighted by atomic mass is 9.96. The van der Waals surface area contributed by atoms with E-state index in [4.69, 9.17) is 10.3 Å². The summed E-state index contributed by atoms with van der Waals surface area (Å²) < 4.78 is 7.08. The lowest BCUT2D eigenvalue weighted by Crippen LogP contribution is -2.46. The fourth-order valence-corrected chi connectivity index (χ4v) is 3.68. The van der Waals surface area contributed by atoms with Crippen LogP contribution in [0.15, 0.2) is 16.7 Å². The Labute approximate surface area is 170 Å². The van der Waals surface area contributed by atoms with Crippen LogP contribution in [0.1, 0.15) is 40.3 Å². The van der Waals surface area contributed by atoms with Crippen molar-refractivity contribution in [3.63, 3.8) is 0 Å². The Morgan fingerprint density at radius 2 is 2.07 bits per heavy atom. The molecule has 9 heteroatoms. The van der Waals surface area contributed by atoms with Gasteiger partial charge in [-0.25, -0.2) is 0 Å². The average Bonchev–Trinajstić information content (AvgIpc) is 3.21. The topological polar surface area (TPSA) is 106 Å². The number of likely N-dealkylation sites (tertiary alicyclic amines) is 1. The Kier molecular flexibility index (Phi) is 7.26. The molecule has 1 aliphatic heterocycles. The van der Waals surface area contributed by atoms with Crippen molar-refractivity contribution < 1.29 is 14.1 Å². The van der Waals surface area contributed by atoms with E-state index < -0.39 is 0 Å². The fraction of sp³-hybridized carbons (Fsp3) is 0.526. The maximum absolute atomic E-state index is 13.1. The number of halogens is 1. The first-order valence-electron chi connectivity index (χ1n) is 9.32. The summed E-state index contributed by atoms with van der Waals surface area (Å²) in [4.78, 5) is 27.1. The van der Waals surface area contributed by atoms with Gasteiger partial charge in [0, 0.05) is 43.6 Å². The number of hydrogen-bond donors (Lipinski definition) is 2. The maximum atomic E-state index is 13.1. The number of carbonyl (C=O) groups excluding carboxylic acids is 2.